The van der Waals surface area contributed by atoms with E-state index in [0.29, 0.717) is 24.5 Å². The van der Waals surface area contributed by atoms with Crippen LogP contribution in [0.5, 0.6) is 11.5 Å². The van der Waals surface area contributed by atoms with Crippen molar-refractivity contribution in [1.82, 2.24) is 0 Å². The Bertz CT molecular complexity index is 628. The number of primary amides is 1. The average molecular weight is 315 g/mol. The van der Waals surface area contributed by atoms with Gasteiger partial charge in [-0.15, -0.1) is 0 Å². The van der Waals surface area contributed by atoms with E-state index in [4.69, 9.17) is 19.9 Å². The minimum atomic E-state index is -0.341. The van der Waals surface area contributed by atoms with Gasteiger partial charge in [0.1, 0.15) is 18.1 Å². The number of methoxy groups -OCH3 is 1. The number of benzene rings is 2. The van der Waals surface area contributed by atoms with Crippen molar-refractivity contribution in [3.05, 3.63) is 59.7 Å². The third-order valence-corrected chi connectivity index (χ3v) is 3.26. The summed E-state index contributed by atoms with van der Waals surface area (Å²) < 4.78 is 16.3. The van der Waals surface area contributed by atoms with Crippen LogP contribution in [-0.4, -0.2) is 19.8 Å². The highest BCUT2D eigenvalue weighted by atomic mass is 16.7. The Kier molecular flexibility index (Phi) is 6.44. The van der Waals surface area contributed by atoms with E-state index in [1.165, 1.54) is 0 Å². The molecular weight excluding hydrogens is 294 g/mol. The Morgan fingerprint density at radius 1 is 1.09 bits per heavy atom. The lowest BCUT2D eigenvalue weighted by molar-refractivity contribution is -0.117. The molecule has 0 fully saturated rings. The average Bonchev–Trinajstić information content (AvgIpc) is 2.57. The zero-order valence-corrected chi connectivity index (χ0v) is 13.2. The van der Waals surface area contributed by atoms with Crippen LogP contribution in [0.4, 0.5) is 0 Å². The van der Waals surface area contributed by atoms with Crippen molar-refractivity contribution in [2.24, 2.45) is 5.73 Å². The number of amides is 1. The molecule has 0 bridgehead atoms. The lowest BCUT2D eigenvalue weighted by Crippen LogP contribution is -2.12. The van der Waals surface area contributed by atoms with Crippen molar-refractivity contribution < 1.29 is 19.0 Å². The van der Waals surface area contributed by atoms with Crippen LogP contribution in [0.2, 0.25) is 0 Å². The first kappa shape index (κ1) is 16.8. The van der Waals surface area contributed by atoms with Crippen LogP contribution < -0.4 is 15.2 Å². The number of rotatable bonds is 9. The van der Waals surface area contributed by atoms with E-state index >= 15 is 0 Å². The van der Waals surface area contributed by atoms with Gasteiger partial charge < -0.3 is 19.9 Å². The van der Waals surface area contributed by atoms with Gasteiger partial charge in [-0.05, 0) is 23.6 Å². The van der Waals surface area contributed by atoms with Gasteiger partial charge in [-0.1, -0.05) is 36.4 Å². The first-order valence-corrected chi connectivity index (χ1v) is 7.38. The van der Waals surface area contributed by atoms with Crippen molar-refractivity contribution in [3.8, 4) is 11.5 Å². The quantitative estimate of drug-likeness (QED) is 0.722. The van der Waals surface area contributed by atoms with Gasteiger partial charge in [0.25, 0.3) is 0 Å². The second-order valence-corrected chi connectivity index (χ2v) is 5.06. The van der Waals surface area contributed by atoms with E-state index < -0.39 is 0 Å². The maximum absolute atomic E-state index is 11.0. The Morgan fingerprint density at radius 3 is 2.57 bits per heavy atom. The van der Waals surface area contributed by atoms with E-state index in [-0.39, 0.29) is 19.1 Å². The molecule has 0 aliphatic heterocycles. The number of hydrogen-bond acceptors (Lipinski definition) is 4. The van der Waals surface area contributed by atoms with Gasteiger partial charge in [-0.2, -0.15) is 0 Å². The Hall–Kier alpha value is -2.53. The van der Waals surface area contributed by atoms with Crippen molar-refractivity contribution in [3.63, 3.8) is 0 Å². The molecule has 0 saturated heterocycles. The molecule has 0 spiro atoms. The predicted octanol–water partition coefficient (Wildman–Crippen LogP) is 2.67. The summed E-state index contributed by atoms with van der Waals surface area (Å²) >= 11 is 0. The minimum Gasteiger partial charge on any atom is -0.489 e. The molecule has 1 amide bonds. The second kappa shape index (κ2) is 8.80. The number of aryl methyl sites for hydroxylation is 1. The highest BCUT2D eigenvalue weighted by Gasteiger charge is 2.08. The first-order valence-electron chi connectivity index (χ1n) is 7.38. The molecule has 122 valence electrons. The number of carbonyl (C=O) groups excluding carboxylic acids is 1. The summed E-state index contributed by atoms with van der Waals surface area (Å²) in [6, 6.07) is 15.5. The van der Waals surface area contributed by atoms with Gasteiger partial charge in [0.15, 0.2) is 6.79 Å². The van der Waals surface area contributed by atoms with Gasteiger partial charge in [-0.3, -0.25) is 4.79 Å². The predicted molar refractivity (Wildman–Crippen MR) is 87.2 cm³/mol. The van der Waals surface area contributed by atoms with Gasteiger partial charge in [-0.25, -0.2) is 0 Å². The molecule has 2 aromatic rings. The number of ether oxygens (including phenoxy) is 3. The van der Waals surface area contributed by atoms with E-state index in [1.54, 1.807) is 13.2 Å². The largest absolute Gasteiger partial charge is 0.489 e. The highest BCUT2D eigenvalue weighted by Crippen LogP contribution is 2.26. The molecule has 23 heavy (non-hydrogen) atoms. The normalized spacial score (nSPS) is 10.3. The maximum Gasteiger partial charge on any atom is 0.217 e. The summed E-state index contributed by atoms with van der Waals surface area (Å²) in [5.41, 5.74) is 7.19. The third-order valence-electron chi connectivity index (χ3n) is 3.26. The van der Waals surface area contributed by atoms with Crippen LogP contribution in [-0.2, 0) is 22.6 Å². The van der Waals surface area contributed by atoms with Gasteiger partial charge in [0.2, 0.25) is 5.91 Å². The molecule has 0 aliphatic carbocycles. The number of carbonyl (C=O) groups is 1. The molecule has 0 saturated carbocycles. The molecular formula is C18H21NO4. The smallest absolute Gasteiger partial charge is 0.217 e. The molecule has 0 aromatic heterocycles. The van der Waals surface area contributed by atoms with Gasteiger partial charge in [0, 0.05) is 19.6 Å². The van der Waals surface area contributed by atoms with Gasteiger partial charge in [0.05, 0.1) is 0 Å². The summed E-state index contributed by atoms with van der Waals surface area (Å²) in [6.45, 7) is 0.608. The van der Waals surface area contributed by atoms with Crippen LogP contribution in [0, 0.1) is 0 Å². The Morgan fingerprint density at radius 2 is 1.87 bits per heavy atom. The summed E-state index contributed by atoms with van der Waals surface area (Å²) in [6.07, 6.45) is 0.793. The van der Waals surface area contributed by atoms with Crippen LogP contribution >= 0.6 is 0 Å². The van der Waals surface area contributed by atoms with Crippen LogP contribution in [0.1, 0.15) is 17.5 Å². The topological polar surface area (TPSA) is 70.8 Å². The lowest BCUT2D eigenvalue weighted by Gasteiger charge is -2.13. The van der Waals surface area contributed by atoms with Crippen LogP contribution in [0.3, 0.4) is 0 Å². The van der Waals surface area contributed by atoms with E-state index in [9.17, 15) is 4.79 Å². The molecule has 0 aliphatic rings. The third kappa shape index (κ3) is 5.64. The Balaban J connectivity index is 2.06. The standard InChI is InChI=1S/C18H21NO4/c1-21-13-23-17-11-16(9-7-15(17)8-10-18(19)20)22-12-14-5-3-2-4-6-14/h2-7,9,11H,8,10,12-13H2,1H3,(H2,19,20). The summed E-state index contributed by atoms with van der Waals surface area (Å²) in [5, 5.41) is 0. The molecule has 2 aromatic carbocycles. The van der Waals surface area contributed by atoms with Gasteiger partial charge >= 0.3 is 0 Å². The van der Waals surface area contributed by atoms with Crippen LogP contribution in [0.25, 0.3) is 0 Å². The first-order chi connectivity index (χ1) is 11.2. The fraction of sp³-hybridized carbons (Fsp3) is 0.278. The Labute approximate surface area is 136 Å². The summed E-state index contributed by atoms with van der Waals surface area (Å²) in [4.78, 5) is 11.0. The minimum absolute atomic E-state index is 0.131. The van der Waals surface area contributed by atoms with Crippen LogP contribution in [0.15, 0.2) is 48.5 Å². The molecule has 0 atom stereocenters. The SMILES string of the molecule is COCOc1cc(OCc2ccccc2)ccc1CCC(N)=O. The monoisotopic (exact) mass is 315 g/mol. The van der Waals surface area contributed by atoms with Crippen molar-refractivity contribution in [1.29, 1.82) is 0 Å². The zero-order valence-electron chi connectivity index (χ0n) is 13.2. The molecule has 0 radical (unpaired) electrons. The van der Waals surface area contributed by atoms with E-state index in [2.05, 4.69) is 0 Å². The summed E-state index contributed by atoms with van der Waals surface area (Å²) in [5.74, 6) is 0.994. The molecule has 2 N–H and O–H groups in total. The van der Waals surface area contributed by atoms with Crippen molar-refractivity contribution in [2.45, 2.75) is 19.4 Å². The zero-order chi connectivity index (χ0) is 16.5. The van der Waals surface area contributed by atoms with Crippen molar-refractivity contribution >= 4 is 5.91 Å². The lowest BCUT2D eigenvalue weighted by atomic mass is 10.1. The van der Waals surface area contributed by atoms with Crippen molar-refractivity contribution in [2.75, 3.05) is 13.9 Å². The summed E-state index contributed by atoms with van der Waals surface area (Å²) in [7, 11) is 1.55. The molecule has 5 heteroatoms. The number of nitrogens with two attached hydrogens (primary N) is 1. The number of hydrogen-bond donors (Lipinski definition) is 1. The van der Waals surface area contributed by atoms with E-state index in [1.807, 2.05) is 42.5 Å². The molecule has 0 unspecified atom stereocenters. The maximum atomic E-state index is 11.0. The van der Waals surface area contributed by atoms with E-state index in [0.717, 1.165) is 11.1 Å². The highest BCUT2D eigenvalue weighted by molar-refractivity contribution is 5.74. The fourth-order valence-electron chi connectivity index (χ4n) is 2.09. The second-order valence-electron chi connectivity index (χ2n) is 5.06. The molecule has 2 rings (SSSR count). The molecule has 5 nitrogen and oxygen atoms in total. The molecule has 0 heterocycles. The fourth-order valence-corrected chi connectivity index (χ4v) is 2.09.